The molecular formula is C17H21FN2O. The fourth-order valence-corrected chi connectivity index (χ4v) is 2.93. The van der Waals surface area contributed by atoms with E-state index in [2.05, 4.69) is 11.4 Å². The number of carbonyl (C=O) groups excluding carboxylic acids is 1. The highest BCUT2D eigenvalue weighted by Gasteiger charge is 2.32. The number of amides is 1. The van der Waals surface area contributed by atoms with Gasteiger partial charge in [0.2, 0.25) is 0 Å². The Kier molecular flexibility index (Phi) is 4.95. The lowest BCUT2D eigenvalue weighted by Gasteiger charge is -2.29. The molecule has 1 N–H and O–H groups in total. The second kappa shape index (κ2) is 6.71. The van der Waals surface area contributed by atoms with Crippen molar-refractivity contribution < 1.29 is 9.18 Å². The molecule has 0 spiro atoms. The zero-order chi connectivity index (χ0) is 15.3. The quantitative estimate of drug-likeness (QED) is 0.898. The van der Waals surface area contributed by atoms with Crippen molar-refractivity contribution in [1.82, 2.24) is 5.32 Å². The molecule has 1 fully saturated rings. The van der Waals surface area contributed by atoms with Crippen LogP contribution >= 0.6 is 0 Å². The maximum Gasteiger partial charge on any atom is 0.252 e. The summed E-state index contributed by atoms with van der Waals surface area (Å²) in [5.41, 5.74) is 0.172. The summed E-state index contributed by atoms with van der Waals surface area (Å²) in [4.78, 5) is 12.4. The third-order valence-corrected chi connectivity index (χ3v) is 4.08. The van der Waals surface area contributed by atoms with Crippen molar-refractivity contribution in [3.05, 3.63) is 35.1 Å². The molecule has 0 saturated heterocycles. The molecule has 0 bridgehead atoms. The number of nitrogens with zero attached hydrogens (tertiary/aromatic N) is 1. The Hall–Kier alpha value is -1.89. The normalized spacial score (nSPS) is 18.1. The smallest absolute Gasteiger partial charge is 0.252 e. The number of hydrogen-bond donors (Lipinski definition) is 1. The minimum Gasteiger partial charge on any atom is -0.334 e. The summed E-state index contributed by atoms with van der Waals surface area (Å²) in [6, 6.07) is 6.53. The van der Waals surface area contributed by atoms with Crippen molar-refractivity contribution in [3.8, 4) is 6.07 Å². The minimum atomic E-state index is -0.808. The van der Waals surface area contributed by atoms with Crippen LogP contribution in [0.4, 0.5) is 4.39 Å². The predicted octanol–water partition coefficient (Wildman–Crippen LogP) is 3.87. The van der Waals surface area contributed by atoms with E-state index >= 15 is 0 Å². The number of aryl methyl sites for hydroxylation is 1. The van der Waals surface area contributed by atoms with Gasteiger partial charge in [-0.25, -0.2) is 4.39 Å². The van der Waals surface area contributed by atoms with Gasteiger partial charge < -0.3 is 5.32 Å². The van der Waals surface area contributed by atoms with E-state index < -0.39 is 11.4 Å². The van der Waals surface area contributed by atoms with Gasteiger partial charge in [-0.15, -0.1) is 0 Å². The van der Waals surface area contributed by atoms with Crippen LogP contribution in [-0.2, 0) is 0 Å². The lowest BCUT2D eigenvalue weighted by molar-refractivity contribution is 0.0907. The van der Waals surface area contributed by atoms with Gasteiger partial charge in [-0.3, -0.25) is 4.79 Å². The maximum absolute atomic E-state index is 13.4. The fraction of sp³-hybridized carbons (Fsp3) is 0.529. The van der Waals surface area contributed by atoms with Gasteiger partial charge in [0.25, 0.3) is 5.91 Å². The summed E-state index contributed by atoms with van der Waals surface area (Å²) < 4.78 is 13.4. The van der Waals surface area contributed by atoms with E-state index in [-0.39, 0.29) is 11.5 Å². The summed E-state index contributed by atoms with van der Waals surface area (Å²) in [5.74, 6) is -0.788. The van der Waals surface area contributed by atoms with Crippen LogP contribution in [0.5, 0.6) is 0 Å². The molecule has 0 atom stereocenters. The van der Waals surface area contributed by atoms with Gasteiger partial charge in [-0.1, -0.05) is 32.1 Å². The molecule has 1 aromatic rings. The van der Waals surface area contributed by atoms with Crippen LogP contribution in [0, 0.1) is 24.1 Å². The average Bonchev–Trinajstić information content (AvgIpc) is 2.41. The van der Waals surface area contributed by atoms with E-state index in [9.17, 15) is 14.4 Å². The lowest BCUT2D eigenvalue weighted by atomic mass is 9.85. The second-order valence-electron chi connectivity index (χ2n) is 5.93. The summed E-state index contributed by atoms with van der Waals surface area (Å²) in [6.07, 6.45) is 6.61. The number of hydrogen-bond acceptors (Lipinski definition) is 2. The largest absolute Gasteiger partial charge is 0.334 e. The molecule has 2 rings (SSSR count). The van der Waals surface area contributed by atoms with Gasteiger partial charge in [0.05, 0.1) is 6.07 Å². The third kappa shape index (κ3) is 4.04. The average molecular weight is 288 g/mol. The van der Waals surface area contributed by atoms with Crippen LogP contribution in [0.25, 0.3) is 0 Å². The second-order valence-corrected chi connectivity index (χ2v) is 5.93. The number of carbonyl (C=O) groups is 1. The molecule has 0 radical (unpaired) electrons. The Morgan fingerprint density at radius 3 is 2.38 bits per heavy atom. The molecule has 0 aliphatic heterocycles. The summed E-state index contributed by atoms with van der Waals surface area (Å²) in [7, 11) is 0. The Labute approximate surface area is 125 Å². The first kappa shape index (κ1) is 15.5. The van der Waals surface area contributed by atoms with E-state index in [1.807, 2.05) is 0 Å². The minimum absolute atomic E-state index is 0.282. The highest BCUT2D eigenvalue weighted by atomic mass is 19.1. The van der Waals surface area contributed by atoms with Crippen LogP contribution in [0.3, 0.4) is 0 Å². The molecule has 3 nitrogen and oxygen atoms in total. The Balaban J connectivity index is 2.16. The first-order chi connectivity index (χ1) is 10.0. The summed E-state index contributed by atoms with van der Waals surface area (Å²) >= 11 is 0. The monoisotopic (exact) mass is 288 g/mol. The van der Waals surface area contributed by atoms with Gasteiger partial charge in [-0.05, 0) is 43.5 Å². The van der Waals surface area contributed by atoms with Crippen molar-refractivity contribution in [3.63, 3.8) is 0 Å². The number of halogens is 1. The summed E-state index contributed by atoms with van der Waals surface area (Å²) in [6.45, 7) is 1.75. The molecular weight excluding hydrogens is 267 g/mol. The van der Waals surface area contributed by atoms with Gasteiger partial charge in [0.15, 0.2) is 0 Å². The van der Waals surface area contributed by atoms with Crippen LogP contribution in [0.2, 0.25) is 0 Å². The highest BCUT2D eigenvalue weighted by molar-refractivity contribution is 5.95. The van der Waals surface area contributed by atoms with Crippen LogP contribution in [0.15, 0.2) is 18.2 Å². The van der Waals surface area contributed by atoms with Crippen molar-refractivity contribution in [2.24, 2.45) is 0 Å². The zero-order valence-electron chi connectivity index (χ0n) is 12.4. The Bertz CT molecular complexity index is 534. The Morgan fingerprint density at radius 2 is 1.81 bits per heavy atom. The zero-order valence-corrected chi connectivity index (χ0v) is 12.4. The maximum atomic E-state index is 13.4. The van der Waals surface area contributed by atoms with Crippen molar-refractivity contribution >= 4 is 5.91 Å². The third-order valence-electron chi connectivity index (χ3n) is 4.08. The molecule has 1 saturated carbocycles. The van der Waals surface area contributed by atoms with Crippen LogP contribution in [0.1, 0.15) is 60.9 Å². The molecule has 1 aliphatic carbocycles. The van der Waals surface area contributed by atoms with Gasteiger partial charge >= 0.3 is 0 Å². The Morgan fingerprint density at radius 1 is 1.19 bits per heavy atom. The standard InChI is InChI=1S/C17H21FN2O/c1-13-9-14(11-15(18)10-13)16(21)20-17(12-19)7-5-3-2-4-6-8-17/h9-11H,2-8H2,1H3,(H,20,21). The van der Waals surface area contributed by atoms with E-state index in [0.717, 1.165) is 25.7 Å². The molecule has 4 heteroatoms. The number of benzene rings is 1. The highest BCUT2D eigenvalue weighted by Crippen LogP contribution is 2.26. The van der Waals surface area contributed by atoms with Crippen molar-refractivity contribution in [2.75, 3.05) is 0 Å². The molecule has 1 aliphatic rings. The van der Waals surface area contributed by atoms with E-state index in [4.69, 9.17) is 0 Å². The van der Waals surface area contributed by atoms with Gasteiger partial charge in [0.1, 0.15) is 11.4 Å². The topological polar surface area (TPSA) is 52.9 Å². The van der Waals surface area contributed by atoms with E-state index in [1.54, 1.807) is 13.0 Å². The molecule has 1 amide bonds. The number of nitrogens with one attached hydrogen (secondary N) is 1. The lowest BCUT2D eigenvalue weighted by Crippen LogP contribution is -2.47. The van der Waals surface area contributed by atoms with Crippen molar-refractivity contribution in [1.29, 1.82) is 5.26 Å². The summed E-state index contributed by atoms with van der Waals surface area (Å²) in [5, 5.41) is 12.4. The first-order valence-electron chi connectivity index (χ1n) is 7.56. The first-order valence-corrected chi connectivity index (χ1v) is 7.56. The number of nitriles is 1. The van der Waals surface area contributed by atoms with Crippen molar-refractivity contribution in [2.45, 2.75) is 57.4 Å². The fourth-order valence-electron chi connectivity index (χ4n) is 2.93. The molecule has 1 aromatic carbocycles. The molecule has 21 heavy (non-hydrogen) atoms. The predicted molar refractivity (Wildman–Crippen MR) is 79.3 cm³/mol. The molecule has 0 heterocycles. The molecule has 0 unspecified atom stereocenters. The van der Waals surface area contributed by atoms with E-state index in [0.29, 0.717) is 18.4 Å². The number of rotatable bonds is 2. The molecule has 0 aromatic heterocycles. The van der Waals surface area contributed by atoms with E-state index in [1.165, 1.54) is 18.6 Å². The van der Waals surface area contributed by atoms with Crippen LogP contribution in [-0.4, -0.2) is 11.4 Å². The van der Waals surface area contributed by atoms with Gasteiger partial charge in [-0.2, -0.15) is 5.26 Å². The van der Waals surface area contributed by atoms with Gasteiger partial charge in [0, 0.05) is 5.56 Å². The van der Waals surface area contributed by atoms with Crippen LogP contribution < -0.4 is 5.32 Å². The molecule has 112 valence electrons. The SMILES string of the molecule is Cc1cc(F)cc(C(=O)NC2(C#N)CCCCCCC2)c1.